The lowest BCUT2D eigenvalue weighted by Gasteiger charge is -2.18. The largest absolute Gasteiger partial charge is 0.339 e. The molecule has 1 aromatic heterocycles. The summed E-state index contributed by atoms with van der Waals surface area (Å²) >= 11 is 0. The highest BCUT2D eigenvalue weighted by atomic mass is 16.5. The molecule has 3 rings (SSSR count). The maximum Gasteiger partial charge on any atom is 0.231 e. The average molecular weight is 258 g/mol. The number of hydrogen-bond acceptors (Lipinski definition) is 5. The van der Waals surface area contributed by atoms with Crippen LogP contribution in [-0.2, 0) is 6.54 Å². The molecule has 0 radical (unpaired) electrons. The van der Waals surface area contributed by atoms with Gasteiger partial charge in [-0.05, 0) is 24.9 Å². The molecule has 3 N–H and O–H groups in total. The second-order valence-electron chi connectivity index (χ2n) is 4.90. The molecule has 1 aliphatic heterocycles. The second kappa shape index (κ2) is 5.50. The number of hydrogen-bond donors (Lipinski definition) is 2. The summed E-state index contributed by atoms with van der Waals surface area (Å²) in [5.41, 5.74) is 7.65. The highest BCUT2D eigenvalue weighted by molar-refractivity contribution is 5.54. The van der Waals surface area contributed by atoms with E-state index in [-0.39, 0.29) is 0 Å². The van der Waals surface area contributed by atoms with Crippen molar-refractivity contribution >= 4 is 0 Å². The summed E-state index contributed by atoms with van der Waals surface area (Å²) in [6, 6.07) is 7.95. The predicted molar refractivity (Wildman–Crippen MR) is 72.5 cm³/mol. The highest BCUT2D eigenvalue weighted by Gasteiger charge is 2.21. The van der Waals surface area contributed by atoms with Gasteiger partial charge < -0.3 is 15.6 Å². The monoisotopic (exact) mass is 258 g/mol. The third kappa shape index (κ3) is 2.67. The first-order valence-corrected chi connectivity index (χ1v) is 6.70. The number of nitrogens with two attached hydrogens (primary N) is 1. The summed E-state index contributed by atoms with van der Waals surface area (Å²) in [6.07, 6.45) is 2.27. The third-order valence-electron chi connectivity index (χ3n) is 3.54. The Labute approximate surface area is 112 Å². The Bertz CT molecular complexity index is 529. The van der Waals surface area contributed by atoms with Gasteiger partial charge in [-0.2, -0.15) is 4.98 Å². The van der Waals surface area contributed by atoms with E-state index in [4.69, 9.17) is 10.3 Å². The van der Waals surface area contributed by atoms with Gasteiger partial charge in [-0.1, -0.05) is 29.4 Å². The second-order valence-corrected chi connectivity index (χ2v) is 4.90. The van der Waals surface area contributed by atoms with Crippen LogP contribution < -0.4 is 11.1 Å². The topological polar surface area (TPSA) is 77.0 Å². The van der Waals surface area contributed by atoms with Gasteiger partial charge in [0.25, 0.3) is 0 Å². The lowest BCUT2D eigenvalue weighted by atomic mass is 10.00. The minimum absolute atomic E-state index is 0.346. The van der Waals surface area contributed by atoms with E-state index in [9.17, 15) is 0 Å². The molecule has 0 bridgehead atoms. The van der Waals surface area contributed by atoms with Crippen LogP contribution in [0.5, 0.6) is 0 Å². The smallest absolute Gasteiger partial charge is 0.231 e. The van der Waals surface area contributed by atoms with Crippen LogP contribution in [-0.4, -0.2) is 23.2 Å². The molecule has 1 atom stereocenters. The SMILES string of the molecule is NCc1ccc(-c2noc(C3CCCNC3)n2)cc1. The van der Waals surface area contributed by atoms with Crippen LogP contribution in [0.15, 0.2) is 28.8 Å². The summed E-state index contributed by atoms with van der Waals surface area (Å²) in [6.45, 7) is 2.55. The molecule has 100 valence electrons. The van der Waals surface area contributed by atoms with E-state index < -0.39 is 0 Å². The van der Waals surface area contributed by atoms with Crippen molar-refractivity contribution < 1.29 is 4.52 Å². The minimum atomic E-state index is 0.346. The Morgan fingerprint density at radius 2 is 2.16 bits per heavy atom. The van der Waals surface area contributed by atoms with Crippen molar-refractivity contribution in [3.63, 3.8) is 0 Å². The number of nitrogens with one attached hydrogen (secondary N) is 1. The summed E-state index contributed by atoms with van der Waals surface area (Å²) in [7, 11) is 0. The Hall–Kier alpha value is -1.72. The van der Waals surface area contributed by atoms with Crippen LogP contribution in [0.4, 0.5) is 0 Å². The highest BCUT2D eigenvalue weighted by Crippen LogP contribution is 2.24. The van der Waals surface area contributed by atoms with E-state index in [1.54, 1.807) is 0 Å². The fourth-order valence-corrected chi connectivity index (χ4v) is 2.37. The molecule has 0 aliphatic carbocycles. The zero-order chi connectivity index (χ0) is 13.1. The number of piperidine rings is 1. The standard InChI is InChI=1S/C14H18N4O/c15-8-10-3-5-11(6-4-10)13-17-14(19-18-13)12-2-1-7-16-9-12/h3-6,12,16H,1-2,7-9,15H2. The Morgan fingerprint density at radius 3 is 2.84 bits per heavy atom. The molecule has 2 heterocycles. The van der Waals surface area contributed by atoms with Crippen molar-refractivity contribution in [2.45, 2.75) is 25.3 Å². The molecular formula is C14H18N4O. The summed E-state index contributed by atoms with van der Waals surface area (Å²) in [5, 5.41) is 7.43. The van der Waals surface area contributed by atoms with E-state index in [0.29, 0.717) is 18.3 Å². The lowest BCUT2D eigenvalue weighted by molar-refractivity contribution is 0.322. The maximum absolute atomic E-state index is 5.58. The van der Waals surface area contributed by atoms with Crippen LogP contribution in [0.1, 0.15) is 30.2 Å². The van der Waals surface area contributed by atoms with Gasteiger partial charge in [0.1, 0.15) is 0 Å². The molecule has 1 fully saturated rings. The van der Waals surface area contributed by atoms with Crippen LogP contribution in [0.3, 0.4) is 0 Å². The first kappa shape index (κ1) is 12.3. The Morgan fingerprint density at radius 1 is 1.32 bits per heavy atom. The van der Waals surface area contributed by atoms with Crippen molar-refractivity contribution in [1.29, 1.82) is 0 Å². The number of rotatable bonds is 3. The van der Waals surface area contributed by atoms with Crippen molar-refractivity contribution in [1.82, 2.24) is 15.5 Å². The molecule has 1 saturated heterocycles. The normalized spacial score (nSPS) is 19.5. The molecule has 5 nitrogen and oxygen atoms in total. The van der Waals surface area contributed by atoms with Crippen LogP contribution >= 0.6 is 0 Å². The summed E-state index contributed by atoms with van der Waals surface area (Å²) in [4.78, 5) is 4.51. The zero-order valence-electron chi connectivity index (χ0n) is 10.8. The first-order valence-electron chi connectivity index (χ1n) is 6.70. The van der Waals surface area contributed by atoms with Gasteiger partial charge in [-0.25, -0.2) is 0 Å². The van der Waals surface area contributed by atoms with E-state index in [1.165, 1.54) is 0 Å². The van der Waals surface area contributed by atoms with Crippen LogP contribution in [0.2, 0.25) is 0 Å². The molecule has 0 spiro atoms. The summed E-state index contributed by atoms with van der Waals surface area (Å²) < 4.78 is 5.39. The molecule has 1 unspecified atom stereocenters. The van der Waals surface area contributed by atoms with Crippen LogP contribution in [0, 0.1) is 0 Å². The first-order chi connectivity index (χ1) is 9.36. The molecule has 5 heteroatoms. The third-order valence-corrected chi connectivity index (χ3v) is 3.54. The fourth-order valence-electron chi connectivity index (χ4n) is 2.37. The van der Waals surface area contributed by atoms with Gasteiger partial charge in [0, 0.05) is 18.7 Å². The molecule has 1 aromatic carbocycles. The van der Waals surface area contributed by atoms with Crippen molar-refractivity contribution in [3.8, 4) is 11.4 Å². The van der Waals surface area contributed by atoms with Crippen molar-refractivity contribution in [2.24, 2.45) is 5.73 Å². The Kier molecular flexibility index (Phi) is 3.57. The zero-order valence-corrected chi connectivity index (χ0v) is 10.8. The van der Waals surface area contributed by atoms with Crippen molar-refractivity contribution in [3.05, 3.63) is 35.7 Å². The molecule has 0 amide bonds. The van der Waals surface area contributed by atoms with Gasteiger partial charge in [0.2, 0.25) is 11.7 Å². The molecule has 0 saturated carbocycles. The van der Waals surface area contributed by atoms with Crippen molar-refractivity contribution in [2.75, 3.05) is 13.1 Å². The lowest BCUT2D eigenvalue weighted by Crippen LogP contribution is -2.28. The van der Waals surface area contributed by atoms with E-state index in [1.807, 2.05) is 24.3 Å². The maximum atomic E-state index is 5.58. The van der Waals surface area contributed by atoms with E-state index in [2.05, 4.69) is 15.5 Å². The molecule has 1 aliphatic rings. The number of aromatic nitrogens is 2. The van der Waals surface area contributed by atoms with Gasteiger partial charge in [-0.3, -0.25) is 0 Å². The fraction of sp³-hybridized carbons (Fsp3) is 0.429. The van der Waals surface area contributed by atoms with E-state index >= 15 is 0 Å². The van der Waals surface area contributed by atoms with Gasteiger partial charge >= 0.3 is 0 Å². The van der Waals surface area contributed by atoms with Gasteiger partial charge in [0.05, 0.1) is 5.92 Å². The van der Waals surface area contributed by atoms with Crippen LogP contribution in [0.25, 0.3) is 11.4 Å². The summed E-state index contributed by atoms with van der Waals surface area (Å²) in [5.74, 6) is 1.74. The minimum Gasteiger partial charge on any atom is -0.339 e. The predicted octanol–water partition coefficient (Wildman–Crippen LogP) is 1.66. The molecular weight excluding hydrogens is 240 g/mol. The Balaban J connectivity index is 1.79. The number of benzene rings is 1. The molecule has 2 aromatic rings. The van der Waals surface area contributed by atoms with E-state index in [0.717, 1.165) is 42.9 Å². The van der Waals surface area contributed by atoms with Gasteiger partial charge in [0.15, 0.2) is 0 Å². The average Bonchev–Trinajstić information content (AvgIpc) is 2.98. The molecule has 19 heavy (non-hydrogen) atoms. The number of nitrogens with zero attached hydrogens (tertiary/aromatic N) is 2. The van der Waals surface area contributed by atoms with Gasteiger partial charge in [-0.15, -0.1) is 0 Å². The quantitative estimate of drug-likeness (QED) is 0.875.